The molecule has 1 aliphatic heterocycles. The molecular formula is C5H9BrN2S. The first-order valence-corrected chi connectivity index (χ1v) is 4.80. The Hall–Kier alpha value is 0.300. The number of thioether (sulfide) groups is 1. The second kappa shape index (κ2) is 3.46. The molecule has 1 aliphatic rings. The summed E-state index contributed by atoms with van der Waals surface area (Å²) < 4.78 is 0. The minimum Gasteiger partial charge on any atom is -0.364 e. The average Bonchev–Trinajstić information content (AvgIpc) is 2.34. The van der Waals surface area contributed by atoms with Crippen LogP contribution < -0.4 is 5.32 Å². The van der Waals surface area contributed by atoms with Gasteiger partial charge in [-0.1, -0.05) is 27.7 Å². The van der Waals surface area contributed by atoms with Crippen LogP contribution in [0.2, 0.25) is 0 Å². The standard InChI is InChI=1S/C5H9BrN2S/c1-7-5-8-3-4(2-6)9-5/h4H,2-3H2,1H3,(H,7,8)/t4-/m1/s1. The lowest BCUT2D eigenvalue weighted by Gasteiger charge is -1.95. The summed E-state index contributed by atoms with van der Waals surface area (Å²) in [5.41, 5.74) is 0. The van der Waals surface area contributed by atoms with Crippen LogP contribution in [-0.4, -0.2) is 29.3 Å². The number of rotatable bonds is 1. The van der Waals surface area contributed by atoms with E-state index in [2.05, 4.69) is 26.2 Å². The minimum atomic E-state index is 0.670. The molecule has 9 heavy (non-hydrogen) atoms. The Morgan fingerprint density at radius 1 is 2.00 bits per heavy atom. The molecule has 1 fully saturated rings. The van der Waals surface area contributed by atoms with E-state index >= 15 is 0 Å². The van der Waals surface area contributed by atoms with E-state index < -0.39 is 0 Å². The molecule has 1 atom stereocenters. The van der Waals surface area contributed by atoms with Gasteiger partial charge in [0, 0.05) is 24.2 Å². The van der Waals surface area contributed by atoms with Crippen LogP contribution in [0.4, 0.5) is 0 Å². The lowest BCUT2D eigenvalue weighted by molar-refractivity contribution is 0.901. The van der Waals surface area contributed by atoms with Crippen molar-refractivity contribution in [3.8, 4) is 0 Å². The van der Waals surface area contributed by atoms with E-state index in [4.69, 9.17) is 0 Å². The van der Waals surface area contributed by atoms with Crippen molar-refractivity contribution in [3.63, 3.8) is 0 Å². The normalized spacial score (nSPS) is 30.9. The van der Waals surface area contributed by atoms with Crippen molar-refractivity contribution in [3.05, 3.63) is 0 Å². The zero-order valence-electron chi connectivity index (χ0n) is 5.22. The van der Waals surface area contributed by atoms with Gasteiger partial charge in [0.25, 0.3) is 0 Å². The third-order valence-electron chi connectivity index (χ3n) is 1.13. The van der Waals surface area contributed by atoms with E-state index in [1.165, 1.54) is 0 Å². The summed E-state index contributed by atoms with van der Waals surface area (Å²) in [5.74, 6) is 0. The fourth-order valence-electron chi connectivity index (χ4n) is 0.660. The topological polar surface area (TPSA) is 24.4 Å². The lowest BCUT2D eigenvalue weighted by Crippen LogP contribution is -2.16. The number of nitrogens with one attached hydrogen (secondary N) is 1. The Morgan fingerprint density at radius 3 is 3.11 bits per heavy atom. The molecule has 0 aromatic rings. The summed E-state index contributed by atoms with van der Waals surface area (Å²) in [6.45, 7) is 1.04. The smallest absolute Gasteiger partial charge is 0.156 e. The van der Waals surface area contributed by atoms with Gasteiger partial charge in [0.15, 0.2) is 5.17 Å². The van der Waals surface area contributed by atoms with Gasteiger partial charge >= 0.3 is 0 Å². The van der Waals surface area contributed by atoms with Crippen LogP contribution in [0, 0.1) is 0 Å². The number of halogens is 1. The second-order valence-electron chi connectivity index (χ2n) is 1.80. The first kappa shape index (κ1) is 7.41. The Morgan fingerprint density at radius 2 is 2.78 bits per heavy atom. The highest BCUT2D eigenvalue weighted by molar-refractivity contribution is 9.09. The molecule has 1 heterocycles. The zero-order valence-corrected chi connectivity index (χ0v) is 7.63. The van der Waals surface area contributed by atoms with Crippen LogP contribution in [0.25, 0.3) is 0 Å². The Kier molecular flexibility index (Phi) is 2.85. The molecule has 0 spiro atoms. The summed E-state index contributed by atoms with van der Waals surface area (Å²) in [7, 11) is 1.81. The maximum absolute atomic E-state index is 4.03. The van der Waals surface area contributed by atoms with Crippen molar-refractivity contribution in [1.82, 2.24) is 5.32 Å². The van der Waals surface area contributed by atoms with Crippen LogP contribution in [-0.2, 0) is 0 Å². The van der Waals surface area contributed by atoms with Crippen molar-refractivity contribution in [2.24, 2.45) is 4.99 Å². The van der Waals surface area contributed by atoms with E-state index in [0.717, 1.165) is 17.0 Å². The Labute approximate surface area is 67.6 Å². The van der Waals surface area contributed by atoms with Crippen molar-refractivity contribution in [2.75, 3.05) is 18.9 Å². The van der Waals surface area contributed by atoms with Crippen molar-refractivity contribution >= 4 is 32.9 Å². The van der Waals surface area contributed by atoms with Crippen molar-refractivity contribution < 1.29 is 0 Å². The predicted molar refractivity (Wildman–Crippen MR) is 46.5 cm³/mol. The van der Waals surface area contributed by atoms with Crippen LogP contribution in [0.1, 0.15) is 0 Å². The van der Waals surface area contributed by atoms with Gasteiger partial charge in [0.1, 0.15) is 0 Å². The van der Waals surface area contributed by atoms with Crippen LogP contribution >= 0.6 is 27.7 Å². The number of hydrogen-bond donors (Lipinski definition) is 1. The summed E-state index contributed by atoms with van der Waals surface area (Å²) in [4.78, 5) is 4.03. The fourth-order valence-corrected chi connectivity index (χ4v) is 2.10. The third kappa shape index (κ3) is 1.86. The molecule has 0 aromatic heterocycles. The molecule has 1 saturated heterocycles. The van der Waals surface area contributed by atoms with Crippen molar-refractivity contribution in [1.29, 1.82) is 0 Å². The molecule has 2 nitrogen and oxygen atoms in total. The molecule has 4 heteroatoms. The number of hydrogen-bond acceptors (Lipinski definition) is 2. The number of alkyl halides is 1. The van der Waals surface area contributed by atoms with E-state index in [9.17, 15) is 0 Å². The van der Waals surface area contributed by atoms with Gasteiger partial charge < -0.3 is 5.32 Å². The molecule has 1 N–H and O–H groups in total. The molecule has 52 valence electrons. The predicted octanol–water partition coefficient (Wildman–Crippen LogP) is 1.07. The van der Waals surface area contributed by atoms with Crippen LogP contribution in [0.3, 0.4) is 0 Å². The van der Waals surface area contributed by atoms with Gasteiger partial charge in [-0.05, 0) is 0 Å². The number of aliphatic imine (C=N–C) groups is 1. The van der Waals surface area contributed by atoms with E-state index in [-0.39, 0.29) is 0 Å². The number of nitrogens with zero attached hydrogens (tertiary/aromatic N) is 1. The highest BCUT2D eigenvalue weighted by Crippen LogP contribution is 2.18. The number of amidine groups is 1. The molecule has 0 bridgehead atoms. The summed E-state index contributed by atoms with van der Waals surface area (Å²) in [5, 5.41) is 5.97. The highest BCUT2D eigenvalue weighted by atomic mass is 79.9. The maximum atomic E-state index is 4.03. The molecule has 0 aliphatic carbocycles. The largest absolute Gasteiger partial charge is 0.364 e. The quantitative estimate of drug-likeness (QED) is 0.653. The summed E-state index contributed by atoms with van der Waals surface area (Å²) in [6, 6.07) is 0. The van der Waals surface area contributed by atoms with Gasteiger partial charge in [-0.15, -0.1) is 0 Å². The Bertz CT molecular complexity index is 126. The van der Waals surface area contributed by atoms with Gasteiger partial charge in [-0.2, -0.15) is 0 Å². The summed E-state index contributed by atoms with van der Waals surface area (Å²) >= 11 is 5.22. The fraction of sp³-hybridized carbons (Fsp3) is 0.800. The molecule has 0 amide bonds. The first-order chi connectivity index (χ1) is 4.36. The van der Waals surface area contributed by atoms with Crippen LogP contribution in [0.5, 0.6) is 0 Å². The minimum absolute atomic E-state index is 0.670. The first-order valence-electron chi connectivity index (χ1n) is 2.80. The molecule has 0 aromatic carbocycles. The summed E-state index contributed by atoms with van der Waals surface area (Å²) in [6.07, 6.45) is 0. The molecule has 1 rings (SSSR count). The van der Waals surface area contributed by atoms with Gasteiger partial charge in [0.05, 0.1) is 0 Å². The van der Waals surface area contributed by atoms with E-state index in [0.29, 0.717) is 5.25 Å². The van der Waals surface area contributed by atoms with Gasteiger partial charge in [0.2, 0.25) is 0 Å². The third-order valence-corrected chi connectivity index (χ3v) is 3.56. The second-order valence-corrected chi connectivity index (χ2v) is 3.74. The SMILES string of the molecule is CN=C1NC[C@@H](CBr)S1. The van der Waals surface area contributed by atoms with Crippen molar-refractivity contribution in [2.45, 2.75) is 5.25 Å². The van der Waals surface area contributed by atoms with Gasteiger partial charge in [-0.3, -0.25) is 4.99 Å². The molecule has 0 radical (unpaired) electrons. The molecular weight excluding hydrogens is 200 g/mol. The van der Waals surface area contributed by atoms with E-state index in [1.54, 1.807) is 11.8 Å². The average molecular weight is 209 g/mol. The molecule has 0 saturated carbocycles. The monoisotopic (exact) mass is 208 g/mol. The Balaban J connectivity index is 2.38. The van der Waals surface area contributed by atoms with E-state index in [1.807, 2.05) is 7.05 Å². The maximum Gasteiger partial charge on any atom is 0.156 e. The van der Waals surface area contributed by atoms with Gasteiger partial charge in [-0.25, -0.2) is 0 Å². The van der Waals surface area contributed by atoms with Crippen LogP contribution in [0.15, 0.2) is 4.99 Å². The zero-order chi connectivity index (χ0) is 6.69. The highest BCUT2D eigenvalue weighted by Gasteiger charge is 2.18. The lowest BCUT2D eigenvalue weighted by atomic mass is 10.5. The molecule has 0 unspecified atom stereocenters.